The van der Waals surface area contributed by atoms with Crippen LogP contribution < -0.4 is 0 Å². The first-order chi connectivity index (χ1) is 13.9. The van der Waals surface area contributed by atoms with E-state index in [0.717, 1.165) is 17.7 Å². The number of allylic oxidation sites excluding steroid dienone is 2. The molecule has 1 saturated heterocycles. The molecule has 0 aliphatic carbocycles. The molecule has 0 saturated carbocycles. The molecule has 1 aliphatic heterocycles. The Labute approximate surface area is 198 Å². The molecule has 2 aromatic rings. The number of halogens is 1. The molecular formula is C22H25FNNaO4S. The Morgan fingerprint density at radius 1 is 1.10 bits per heavy atom. The third kappa shape index (κ3) is 6.02. The first-order valence-corrected chi connectivity index (χ1v) is 11.0. The van der Waals surface area contributed by atoms with E-state index in [2.05, 4.69) is 0 Å². The molecule has 2 aromatic carbocycles. The molecule has 1 aliphatic rings. The predicted molar refractivity (Wildman–Crippen MR) is 115 cm³/mol. The predicted octanol–water partition coefficient (Wildman–Crippen LogP) is 3.74. The first-order valence-electron chi connectivity index (χ1n) is 9.59. The summed E-state index contributed by atoms with van der Waals surface area (Å²) < 4.78 is 41.3. The van der Waals surface area contributed by atoms with Crippen LogP contribution in [-0.4, -0.2) is 59.9 Å². The zero-order chi connectivity index (χ0) is 20.9. The number of carboxylic acids is 1. The topological polar surface area (TPSA) is 74.7 Å². The molecule has 0 spiro atoms. The van der Waals surface area contributed by atoms with Gasteiger partial charge in [0.05, 0.1) is 10.9 Å². The summed E-state index contributed by atoms with van der Waals surface area (Å²) in [4.78, 5) is 10.7. The van der Waals surface area contributed by atoms with E-state index in [9.17, 15) is 17.6 Å². The van der Waals surface area contributed by atoms with Crippen molar-refractivity contribution in [2.24, 2.45) is 5.92 Å². The van der Waals surface area contributed by atoms with Gasteiger partial charge in [-0.3, -0.25) is 4.79 Å². The molecule has 2 unspecified atom stereocenters. The second-order valence-corrected chi connectivity index (χ2v) is 9.00. The van der Waals surface area contributed by atoms with Crippen LogP contribution in [0.1, 0.15) is 37.3 Å². The van der Waals surface area contributed by atoms with Crippen LogP contribution in [0.25, 0.3) is 0 Å². The van der Waals surface area contributed by atoms with Gasteiger partial charge in [0.2, 0.25) is 10.0 Å². The van der Waals surface area contributed by atoms with Crippen molar-refractivity contribution in [2.45, 2.75) is 36.6 Å². The van der Waals surface area contributed by atoms with Gasteiger partial charge in [-0.05, 0) is 55.0 Å². The number of hydrogen-bond donors (Lipinski definition) is 1. The summed E-state index contributed by atoms with van der Waals surface area (Å²) in [5, 5.41) is 8.73. The van der Waals surface area contributed by atoms with Crippen molar-refractivity contribution in [3.63, 3.8) is 0 Å². The Bertz CT molecular complexity index is 964. The van der Waals surface area contributed by atoms with Crippen molar-refractivity contribution in [1.82, 2.24) is 4.31 Å². The Kier molecular flexibility index (Phi) is 9.25. The normalized spacial score (nSPS) is 19.6. The first kappa shape index (κ1) is 24.8. The number of benzene rings is 2. The van der Waals surface area contributed by atoms with Gasteiger partial charge in [0, 0.05) is 13.0 Å². The van der Waals surface area contributed by atoms with Crippen LogP contribution in [0.2, 0.25) is 0 Å². The van der Waals surface area contributed by atoms with Gasteiger partial charge in [0.1, 0.15) is 5.82 Å². The molecule has 1 heterocycles. The van der Waals surface area contributed by atoms with Crippen molar-refractivity contribution in [1.29, 1.82) is 0 Å². The molecule has 2 atom stereocenters. The molecule has 30 heavy (non-hydrogen) atoms. The van der Waals surface area contributed by atoms with Gasteiger partial charge in [-0.25, -0.2) is 12.8 Å². The van der Waals surface area contributed by atoms with E-state index < -0.39 is 21.8 Å². The summed E-state index contributed by atoms with van der Waals surface area (Å²) in [5.41, 5.74) is 0.916. The fourth-order valence-corrected chi connectivity index (χ4v) is 5.46. The van der Waals surface area contributed by atoms with Crippen LogP contribution in [0.5, 0.6) is 0 Å². The van der Waals surface area contributed by atoms with E-state index in [1.54, 1.807) is 0 Å². The Hall–Kier alpha value is -1.51. The molecule has 3 rings (SSSR count). The molecular weight excluding hydrogens is 416 g/mol. The standard InChI is InChI=1S/C22H24FNO4S.Na.H/c23-19-11-13-20(14-12-19)29(27,28)24-16-15-18(9-5-2-6-10-21(25)26)22(24)17-7-3-1-4-8-17;;/h1-5,7-8,11-14,18,22H,6,9-10,15-16H2,(H,25,26);;/b5-2-;;. The average molecular weight is 442 g/mol. The zero-order valence-corrected chi connectivity index (χ0v) is 16.8. The Balaban J connectivity index is 0.00000320. The fourth-order valence-electron chi connectivity index (χ4n) is 3.77. The van der Waals surface area contributed by atoms with Crippen LogP contribution in [-0.2, 0) is 14.8 Å². The van der Waals surface area contributed by atoms with Crippen molar-refractivity contribution < 1.29 is 22.7 Å². The van der Waals surface area contributed by atoms with Crippen molar-refractivity contribution in [3.8, 4) is 0 Å². The summed E-state index contributed by atoms with van der Waals surface area (Å²) in [6, 6.07) is 14.1. The Morgan fingerprint density at radius 2 is 1.77 bits per heavy atom. The molecule has 0 amide bonds. The molecule has 1 fully saturated rings. The minimum atomic E-state index is -3.77. The number of carbonyl (C=O) groups is 1. The number of aliphatic carboxylic acids is 1. The maximum atomic E-state index is 13.3. The van der Waals surface area contributed by atoms with E-state index >= 15 is 0 Å². The van der Waals surface area contributed by atoms with Crippen LogP contribution in [0.15, 0.2) is 71.6 Å². The molecule has 0 bridgehead atoms. The van der Waals surface area contributed by atoms with Gasteiger partial charge in [-0.2, -0.15) is 4.31 Å². The molecule has 1 N–H and O–H groups in total. The van der Waals surface area contributed by atoms with Gasteiger partial charge in [-0.15, -0.1) is 0 Å². The summed E-state index contributed by atoms with van der Waals surface area (Å²) >= 11 is 0. The van der Waals surface area contributed by atoms with E-state index in [1.807, 2.05) is 42.5 Å². The summed E-state index contributed by atoms with van der Waals surface area (Å²) in [6.45, 7) is 0.382. The molecule has 0 radical (unpaired) electrons. The van der Waals surface area contributed by atoms with Gasteiger partial charge < -0.3 is 5.11 Å². The fraction of sp³-hybridized carbons (Fsp3) is 0.318. The average Bonchev–Trinajstić information content (AvgIpc) is 3.13. The van der Waals surface area contributed by atoms with Crippen LogP contribution in [0.4, 0.5) is 4.39 Å². The van der Waals surface area contributed by atoms with Gasteiger partial charge in [-0.1, -0.05) is 42.5 Å². The minimum absolute atomic E-state index is 0. The number of nitrogens with zero attached hydrogens (tertiary/aromatic N) is 1. The molecule has 8 heteroatoms. The summed E-state index contributed by atoms with van der Waals surface area (Å²) in [5.74, 6) is -1.24. The van der Waals surface area contributed by atoms with Gasteiger partial charge >= 0.3 is 35.5 Å². The summed E-state index contributed by atoms with van der Waals surface area (Å²) in [7, 11) is -3.77. The number of rotatable bonds is 8. The number of sulfonamides is 1. The van der Waals surface area contributed by atoms with Crippen LogP contribution in [0.3, 0.4) is 0 Å². The van der Waals surface area contributed by atoms with Gasteiger partial charge in [0.25, 0.3) is 0 Å². The molecule has 5 nitrogen and oxygen atoms in total. The monoisotopic (exact) mass is 441 g/mol. The third-order valence-corrected chi connectivity index (χ3v) is 7.06. The Morgan fingerprint density at radius 3 is 2.40 bits per heavy atom. The molecule has 0 aromatic heterocycles. The summed E-state index contributed by atoms with van der Waals surface area (Å²) in [6.07, 6.45) is 5.67. The van der Waals surface area contributed by atoms with Crippen molar-refractivity contribution in [2.75, 3.05) is 6.54 Å². The van der Waals surface area contributed by atoms with E-state index in [0.29, 0.717) is 25.8 Å². The number of hydrogen-bond acceptors (Lipinski definition) is 3. The number of carboxylic acid groups (broad SMARTS) is 1. The van der Waals surface area contributed by atoms with Crippen molar-refractivity contribution in [3.05, 3.63) is 78.1 Å². The third-order valence-electron chi connectivity index (χ3n) is 5.17. The van der Waals surface area contributed by atoms with Gasteiger partial charge in [0.15, 0.2) is 0 Å². The van der Waals surface area contributed by atoms with E-state index in [-0.39, 0.29) is 52.8 Å². The molecule has 156 valence electrons. The van der Waals surface area contributed by atoms with Crippen LogP contribution >= 0.6 is 0 Å². The SMILES string of the molecule is O=C(O)CC/C=C\CC1CCN(S(=O)(=O)c2ccc(F)cc2)C1c1ccccc1.[NaH]. The van der Waals surface area contributed by atoms with Crippen LogP contribution in [0, 0.1) is 11.7 Å². The quantitative estimate of drug-likeness (QED) is 0.500. The second kappa shape index (κ2) is 11.2. The van der Waals surface area contributed by atoms with E-state index in [4.69, 9.17) is 5.11 Å². The second-order valence-electron chi connectivity index (χ2n) is 7.11. The maximum absolute atomic E-state index is 13.3. The van der Waals surface area contributed by atoms with E-state index in [1.165, 1.54) is 16.4 Å². The van der Waals surface area contributed by atoms with Crippen molar-refractivity contribution >= 4 is 45.5 Å². The zero-order valence-electron chi connectivity index (χ0n) is 15.9.